The third-order valence-electron chi connectivity index (χ3n) is 2.24. The molecule has 0 spiro atoms. The minimum atomic E-state index is -0.313. The van der Waals surface area contributed by atoms with Crippen molar-refractivity contribution in [3.8, 4) is 0 Å². The number of carbonyl (C=O) groups is 1. The van der Waals surface area contributed by atoms with Crippen LogP contribution in [-0.2, 0) is 0 Å². The lowest BCUT2D eigenvalue weighted by Crippen LogP contribution is -2.19. The maximum absolute atomic E-state index is 11.7. The van der Waals surface area contributed by atoms with Gasteiger partial charge in [-0.3, -0.25) is 5.32 Å². The fourth-order valence-corrected chi connectivity index (χ4v) is 2.14. The van der Waals surface area contributed by atoms with Gasteiger partial charge in [0.25, 0.3) is 0 Å². The number of benzene rings is 1. The number of nitrogens with two attached hydrogens (primary N) is 1. The summed E-state index contributed by atoms with van der Waals surface area (Å²) in [5.74, 6) is 0. The quantitative estimate of drug-likeness (QED) is 0.795. The first-order valence-corrected chi connectivity index (χ1v) is 6.37. The van der Waals surface area contributed by atoms with E-state index in [1.54, 1.807) is 0 Å². The molecule has 2 aromatic rings. The van der Waals surface area contributed by atoms with Gasteiger partial charge in [0.05, 0.1) is 5.69 Å². The van der Waals surface area contributed by atoms with Gasteiger partial charge < -0.3 is 11.1 Å². The molecular formula is C12H14N4OS. The molecule has 2 rings (SSSR count). The van der Waals surface area contributed by atoms with Crippen LogP contribution in [0.25, 0.3) is 0 Å². The van der Waals surface area contributed by atoms with E-state index < -0.39 is 0 Å². The van der Waals surface area contributed by atoms with E-state index in [9.17, 15) is 4.79 Å². The predicted molar refractivity (Wildman–Crippen MR) is 73.8 cm³/mol. The van der Waals surface area contributed by atoms with Crippen LogP contribution in [0.3, 0.4) is 0 Å². The summed E-state index contributed by atoms with van der Waals surface area (Å²) >= 11 is 1.35. The van der Waals surface area contributed by atoms with Crippen LogP contribution in [-0.4, -0.2) is 11.0 Å². The zero-order chi connectivity index (χ0) is 13.0. The summed E-state index contributed by atoms with van der Waals surface area (Å²) in [5.41, 5.74) is 7.21. The molecule has 0 bridgehead atoms. The Labute approximate surface area is 109 Å². The summed E-state index contributed by atoms with van der Waals surface area (Å²) in [6.45, 7) is 1.85. The maximum Gasteiger partial charge on any atom is 0.325 e. The van der Waals surface area contributed by atoms with Gasteiger partial charge in [-0.25, -0.2) is 9.78 Å². The van der Waals surface area contributed by atoms with E-state index in [2.05, 4.69) is 15.6 Å². The molecule has 2 amide bonds. The van der Waals surface area contributed by atoms with E-state index in [-0.39, 0.29) is 12.1 Å². The van der Waals surface area contributed by atoms with E-state index in [0.29, 0.717) is 5.13 Å². The molecule has 0 saturated heterocycles. The number of urea groups is 1. The number of hydrogen-bond donors (Lipinski definition) is 3. The third-order valence-corrected chi connectivity index (χ3v) is 3.02. The molecule has 0 aliphatic rings. The molecule has 1 aromatic heterocycles. The summed E-state index contributed by atoms with van der Waals surface area (Å²) in [5, 5.41) is 7.76. The summed E-state index contributed by atoms with van der Waals surface area (Å²) < 4.78 is 0. The number of aromatic nitrogens is 1. The second kappa shape index (κ2) is 5.61. The van der Waals surface area contributed by atoms with E-state index in [1.807, 2.05) is 42.6 Å². The summed E-state index contributed by atoms with van der Waals surface area (Å²) in [6, 6.07) is 8.78. The number of thiazole rings is 1. The van der Waals surface area contributed by atoms with Gasteiger partial charge in [-0.05, 0) is 19.1 Å². The Kier molecular flexibility index (Phi) is 3.91. The van der Waals surface area contributed by atoms with Crippen molar-refractivity contribution >= 4 is 28.2 Å². The Morgan fingerprint density at radius 3 is 2.67 bits per heavy atom. The van der Waals surface area contributed by atoms with Crippen LogP contribution >= 0.6 is 11.3 Å². The largest absolute Gasteiger partial charge is 0.325 e. The van der Waals surface area contributed by atoms with Crippen LogP contribution in [0.5, 0.6) is 0 Å². The molecule has 0 radical (unpaired) electrons. The zero-order valence-corrected chi connectivity index (χ0v) is 10.7. The van der Waals surface area contributed by atoms with Gasteiger partial charge in [0.1, 0.15) is 0 Å². The van der Waals surface area contributed by atoms with Gasteiger partial charge >= 0.3 is 6.03 Å². The molecule has 1 unspecified atom stereocenters. The number of para-hydroxylation sites is 1. The first kappa shape index (κ1) is 12.5. The molecule has 18 heavy (non-hydrogen) atoms. The highest BCUT2D eigenvalue weighted by Crippen LogP contribution is 2.19. The van der Waals surface area contributed by atoms with Gasteiger partial charge in [-0.1, -0.05) is 18.2 Å². The molecule has 5 nitrogen and oxygen atoms in total. The molecule has 6 heteroatoms. The van der Waals surface area contributed by atoms with Crippen molar-refractivity contribution in [3.05, 3.63) is 41.4 Å². The Morgan fingerprint density at radius 1 is 1.33 bits per heavy atom. The average Bonchev–Trinajstić information content (AvgIpc) is 2.78. The lowest BCUT2D eigenvalue weighted by molar-refractivity contribution is 0.262. The smallest absolute Gasteiger partial charge is 0.323 e. The molecule has 0 fully saturated rings. The molecule has 1 atom stereocenters. The lowest BCUT2D eigenvalue weighted by atomic mass is 10.3. The van der Waals surface area contributed by atoms with Crippen LogP contribution in [0.15, 0.2) is 35.7 Å². The topological polar surface area (TPSA) is 80.0 Å². The number of nitrogens with one attached hydrogen (secondary N) is 2. The third kappa shape index (κ3) is 3.28. The van der Waals surface area contributed by atoms with Crippen LogP contribution in [0.1, 0.15) is 18.7 Å². The first-order chi connectivity index (χ1) is 8.65. The summed E-state index contributed by atoms with van der Waals surface area (Å²) in [4.78, 5) is 15.9. The average molecular weight is 262 g/mol. The van der Waals surface area contributed by atoms with E-state index >= 15 is 0 Å². The number of rotatable bonds is 3. The van der Waals surface area contributed by atoms with E-state index in [4.69, 9.17) is 5.73 Å². The number of hydrogen-bond acceptors (Lipinski definition) is 4. The standard InChI is InChI=1S/C12H14N4OS/c1-8(13)10-7-18-12(15-10)16-11(17)14-9-5-3-2-4-6-9/h2-8H,13H2,1H3,(H2,14,15,16,17). The van der Waals surface area contributed by atoms with Crippen molar-refractivity contribution in [3.63, 3.8) is 0 Å². The Bertz CT molecular complexity index is 524. The second-order valence-electron chi connectivity index (χ2n) is 3.81. The fraction of sp³-hybridized carbons (Fsp3) is 0.167. The lowest BCUT2D eigenvalue weighted by Gasteiger charge is -2.04. The molecule has 4 N–H and O–H groups in total. The highest BCUT2D eigenvalue weighted by molar-refractivity contribution is 7.13. The van der Waals surface area contributed by atoms with Crippen LogP contribution in [0.2, 0.25) is 0 Å². The zero-order valence-electron chi connectivity index (χ0n) is 9.88. The Balaban J connectivity index is 1.95. The minimum absolute atomic E-state index is 0.131. The highest BCUT2D eigenvalue weighted by atomic mass is 32.1. The van der Waals surface area contributed by atoms with Crippen molar-refractivity contribution in [2.24, 2.45) is 5.73 Å². The van der Waals surface area contributed by atoms with Gasteiger partial charge in [0, 0.05) is 17.1 Å². The van der Waals surface area contributed by atoms with Crippen LogP contribution < -0.4 is 16.4 Å². The van der Waals surface area contributed by atoms with Crippen molar-refractivity contribution < 1.29 is 4.79 Å². The first-order valence-electron chi connectivity index (χ1n) is 5.49. The molecule has 0 aliphatic carbocycles. The van der Waals surface area contributed by atoms with Crippen LogP contribution in [0.4, 0.5) is 15.6 Å². The molecule has 94 valence electrons. The normalized spacial score (nSPS) is 11.9. The summed E-state index contributed by atoms with van der Waals surface area (Å²) in [7, 11) is 0. The number of nitrogens with zero attached hydrogens (tertiary/aromatic N) is 1. The summed E-state index contributed by atoms with van der Waals surface area (Å²) in [6.07, 6.45) is 0. The number of anilines is 2. The highest BCUT2D eigenvalue weighted by Gasteiger charge is 2.08. The van der Waals surface area contributed by atoms with E-state index in [0.717, 1.165) is 11.4 Å². The SMILES string of the molecule is CC(N)c1csc(NC(=O)Nc2ccccc2)n1. The maximum atomic E-state index is 11.7. The Morgan fingerprint density at radius 2 is 2.06 bits per heavy atom. The van der Waals surface area contributed by atoms with E-state index in [1.165, 1.54) is 11.3 Å². The second-order valence-corrected chi connectivity index (χ2v) is 4.67. The van der Waals surface area contributed by atoms with Gasteiger partial charge in [0.15, 0.2) is 5.13 Å². The Hall–Kier alpha value is -1.92. The molecular weight excluding hydrogens is 248 g/mol. The molecule has 1 aromatic carbocycles. The predicted octanol–water partition coefficient (Wildman–Crippen LogP) is 2.81. The van der Waals surface area contributed by atoms with Crippen molar-refractivity contribution in [2.75, 3.05) is 10.6 Å². The van der Waals surface area contributed by atoms with Crippen molar-refractivity contribution in [1.29, 1.82) is 0 Å². The van der Waals surface area contributed by atoms with Crippen LogP contribution in [0, 0.1) is 0 Å². The molecule has 1 heterocycles. The minimum Gasteiger partial charge on any atom is -0.323 e. The van der Waals surface area contributed by atoms with Crippen molar-refractivity contribution in [1.82, 2.24) is 4.98 Å². The molecule has 0 aliphatic heterocycles. The molecule has 0 saturated carbocycles. The van der Waals surface area contributed by atoms with Crippen molar-refractivity contribution in [2.45, 2.75) is 13.0 Å². The van der Waals surface area contributed by atoms with Gasteiger partial charge in [-0.15, -0.1) is 11.3 Å². The fourth-order valence-electron chi connectivity index (χ4n) is 1.33. The van der Waals surface area contributed by atoms with Gasteiger partial charge in [-0.2, -0.15) is 0 Å². The monoisotopic (exact) mass is 262 g/mol. The number of amides is 2. The number of carbonyl (C=O) groups excluding carboxylic acids is 1. The van der Waals surface area contributed by atoms with Gasteiger partial charge in [0.2, 0.25) is 0 Å².